The molecule has 0 saturated carbocycles. The Hall–Kier alpha value is -0.420. The van der Waals surface area contributed by atoms with E-state index in [9.17, 15) is 4.79 Å². The maximum atomic E-state index is 11.7. The largest absolute Gasteiger partial charge is 0.348 e. The van der Waals surface area contributed by atoms with E-state index in [1.807, 2.05) is 0 Å². The Kier molecular flexibility index (Phi) is 5.25. The van der Waals surface area contributed by atoms with Crippen LogP contribution in [-0.2, 0) is 0 Å². The number of amides is 1. The standard InChI is InChI=1S/C10H15BrN2OS/c1-7(2)3-8(4-11)13-10(14)9-5-12-6-15-9/h5-8H,3-4H2,1-2H3,(H,13,14). The van der Waals surface area contributed by atoms with Gasteiger partial charge < -0.3 is 5.32 Å². The van der Waals surface area contributed by atoms with Crippen molar-refractivity contribution in [2.24, 2.45) is 5.92 Å². The predicted molar refractivity (Wildman–Crippen MR) is 66.6 cm³/mol. The number of alkyl halides is 1. The lowest BCUT2D eigenvalue weighted by Gasteiger charge is -2.17. The van der Waals surface area contributed by atoms with E-state index < -0.39 is 0 Å². The molecule has 0 fully saturated rings. The summed E-state index contributed by atoms with van der Waals surface area (Å²) in [5.41, 5.74) is 1.67. The van der Waals surface area contributed by atoms with Crippen molar-refractivity contribution in [1.29, 1.82) is 0 Å². The zero-order valence-corrected chi connectivity index (χ0v) is 11.3. The van der Waals surface area contributed by atoms with Crippen LogP contribution in [0.2, 0.25) is 0 Å². The van der Waals surface area contributed by atoms with E-state index in [1.165, 1.54) is 11.3 Å². The zero-order valence-electron chi connectivity index (χ0n) is 8.87. The van der Waals surface area contributed by atoms with Crippen molar-refractivity contribution in [3.63, 3.8) is 0 Å². The third-order valence-corrected chi connectivity index (χ3v) is 3.49. The van der Waals surface area contributed by atoms with Gasteiger partial charge in [-0.25, -0.2) is 0 Å². The molecule has 1 rings (SSSR count). The maximum Gasteiger partial charge on any atom is 0.263 e. The molecule has 1 atom stereocenters. The topological polar surface area (TPSA) is 42.0 Å². The second-order valence-electron chi connectivity index (χ2n) is 3.82. The summed E-state index contributed by atoms with van der Waals surface area (Å²) in [6, 6.07) is 0.194. The number of halogens is 1. The SMILES string of the molecule is CC(C)CC(CBr)NC(=O)c1cncs1. The van der Waals surface area contributed by atoms with Gasteiger partial charge in [0.25, 0.3) is 5.91 Å². The molecular formula is C10H15BrN2OS. The van der Waals surface area contributed by atoms with Crippen molar-refractivity contribution in [3.05, 3.63) is 16.6 Å². The van der Waals surface area contributed by atoms with Gasteiger partial charge in [-0.15, -0.1) is 11.3 Å². The van der Waals surface area contributed by atoms with E-state index in [1.54, 1.807) is 11.7 Å². The molecule has 0 bridgehead atoms. The smallest absolute Gasteiger partial charge is 0.263 e. The Labute approximate surface area is 102 Å². The van der Waals surface area contributed by atoms with Gasteiger partial charge in [-0.1, -0.05) is 29.8 Å². The minimum absolute atomic E-state index is 0.0254. The van der Waals surface area contributed by atoms with E-state index in [0.717, 1.165) is 11.8 Å². The van der Waals surface area contributed by atoms with Gasteiger partial charge in [0, 0.05) is 11.4 Å². The van der Waals surface area contributed by atoms with Crippen LogP contribution in [0.25, 0.3) is 0 Å². The first-order valence-corrected chi connectivity index (χ1v) is 6.89. The highest BCUT2D eigenvalue weighted by Gasteiger charge is 2.14. The monoisotopic (exact) mass is 290 g/mol. The van der Waals surface area contributed by atoms with Crippen molar-refractivity contribution in [3.8, 4) is 0 Å². The number of hydrogen-bond acceptors (Lipinski definition) is 3. The Balaban J connectivity index is 2.48. The molecule has 0 aromatic carbocycles. The first kappa shape index (κ1) is 12.6. The first-order chi connectivity index (χ1) is 7.13. The summed E-state index contributed by atoms with van der Waals surface area (Å²) in [6.07, 6.45) is 2.58. The fourth-order valence-electron chi connectivity index (χ4n) is 1.31. The Morgan fingerprint density at radius 2 is 2.40 bits per heavy atom. The molecule has 0 aliphatic heterocycles. The lowest BCUT2D eigenvalue weighted by molar-refractivity contribution is 0.0941. The molecule has 0 aliphatic carbocycles. The molecule has 84 valence electrons. The number of nitrogens with one attached hydrogen (secondary N) is 1. The summed E-state index contributed by atoms with van der Waals surface area (Å²) < 4.78 is 0. The molecule has 0 radical (unpaired) electrons. The molecule has 0 aliphatic rings. The number of aromatic nitrogens is 1. The second-order valence-corrected chi connectivity index (χ2v) is 5.35. The molecule has 1 heterocycles. The van der Waals surface area contributed by atoms with Gasteiger partial charge >= 0.3 is 0 Å². The molecule has 1 aromatic rings. The van der Waals surface area contributed by atoms with Gasteiger partial charge in [-0.2, -0.15) is 0 Å². The van der Waals surface area contributed by atoms with E-state index >= 15 is 0 Å². The van der Waals surface area contributed by atoms with Crippen LogP contribution in [-0.4, -0.2) is 22.3 Å². The predicted octanol–water partition coefficient (Wildman–Crippen LogP) is 2.68. The minimum atomic E-state index is -0.0254. The Bertz CT molecular complexity index is 300. The number of carbonyl (C=O) groups excluding carboxylic acids is 1. The molecule has 1 unspecified atom stereocenters. The average molecular weight is 291 g/mol. The average Bonchev–Trinajstić information content (AvgIpc) is 2.68. The highest BCUT2D eigenvalue weighted by atomic mass is 79.9. The van der Waals surface area contributed by atoms with Crippen LogP contribution in [0.15, 0.2) is 11.7 Å². The third-order valence-electron chi connectivity index (χ3n) is 1.93. The summed E-state index contributed by atoms with van der Waals surface area (Å²) in [5, 5.41) is 3.77. The van der Waals surface area contributed by atoms with Gasteiger partial charge in [-0.3, -0.25) is 9.78 Å². The molecule has 0 saturated heterocycles. The van der Waals surface area contributed by atoms with Gasteiger partial charge in [0.1, 0.15) is 4.88 Å². The first-order valence-electron chi connectivity index (χ1n) is 4.88. The second kappa shape index (κ2) is 6.23. The normalized spacial score (nSPS) is 12.8. The van der Waals surface area contributed by atoms with Gasteiger partial charge in [0.05, 0.1) is 11.7 Å². The molecule has 1 amide bonds. The van der Waals surface area contributed by atoms with Crippen LogP contribution in [0.3, 0.4) is 0 Å². The van der Waals surface area contributed by atoms with Crippen molar-refractivity contribution in [1.82, 2.24) is 10.3 Å². The highest BCUT2D eigenvalue weighted by Crippen LogP contribution is 2.10. The number of carbonyl (C=O) groups is 1. The van der Waals surface area contributed by atoms with Crippen LogP contribution in [0.5, 0.6) is 0 Å². The zero-order chi connectivity index (χ0) is 11.3. The summed E-state index contributed by atoms with van der Waals surface area (Å²) >= 11 is 4.77. The summed E-state index contributed by atoms with van der Waals surface area (Å²) in [6.45, 7) is 4.29. The molecule has 1 aromatic heterocycles. The van der Waals surface area contributed by atoms with Crippen LogP contribution < -0.4 is 5.32 Å². The van der Waals surface area contributed by atoms with Crippen molar-refractivity contribution >= 4 is 33.2 Å². The minimum Gasteiger partial charge on any atom is -0.348 e. The number of rotatable bonds is 5. The fraction of sp³-hybridized carbons (Fsp3) is 0.600. The van der Waals surface area contributed by atoms with Gasteiger partial charge in [-0.05, 0) is 12.3 Å². The van der Waals surface area contributed by atoms with Gasteiger partial charge in [0.2, 0.25) is 0 Å². The van der Waals surface area contributed by atoms with Crippen molar-refractivity contribution in [2.75, 3.05) is 5.33 Å². The maximum absolute atomic E-state index is 11.7. The Morgan fingerprint density at radius 1 is 1.67 bits per heavy atom. The van der Waals surface area contributed by atoms with Crippen LogP contribution >= 0.6 is 27.3 Å². The molecule has 5 heteroatoms. The van der Waals surface area contributed by atoms with Crippen LogP contribution in [0, 0.1) is 5.92 Å². The Morgan fingerprint density at radius 3 is 2.87 bits per heavy atom. The highest BCUT2D eigenvalue weighted by molar-refractivity contribution is 9.09. The number of nitrogens with zero attached hydrogens (tertiary/aromatic N) is 1. The summed E-state index contributed by atoms with van der Waals surface area (Å²) in [7, 11) is 0. The van der Waals surface area contributed by atoms with Crippen molar-refractivity contribution < 1.29 is 4.79 Å². The molecule has 15 heavy (non-hydrogen) atoms. The van der Waals surface area contributed by atoms with E-state index in [-0.39, 0.29) is 11.9 Å². The summed E-state index contributed by atoms with van der Waals surface area (Å²) in [5.74, 6) is 0.553. The fourth-order valence-corrected chi connectivity index (χ4v) is 2.26. The molecule has 0 spiro atoms. The molecule has 1 N–H and O–H groups in total. The van der Waals surface area contributed by atoms with E-state index in [0.29, 0.717) is 10.8 Å². The lowest BCUT2D eigenvalue weighted by atomic mass is 10.1. The molecule has 3 nitrogen and oxygen atoms in total. The van der Waals surface area contributed by atoms with Crippen LogP contribution in [0.4, 0.5) is 0 Å². The van der Waals surface area contributed by atoms with Gasteiger partial charge in [0.15, 0.2) is 0 Å². The van der Waals surface area contributed by atoms with Crippen molar-refractivity contribution in [2.45, 2.75) is 26.3 Å². The summed E-state index contributed by atoms with van der Waals surface area (Å²) in [4.78, 5) is 16.2. The molecular weight excluding hydrogens is 276 g/mol. The van der Waals surface area contributed by atoms with Crippen LogP contribution in [0.1, 0.15) is 29.9 Å². The number of thiazole rings is 1. The number of hydrogen-bond donors (Lipinski definition) is 1. The van der Waals surface area contributed by atoms with E-state index in [4.69, 9.17) is 0 Å². The van der Waals surface area contributed by atoms with E-state index in [2.05, 4.69) is 40.1 Å². The quantitative estimate of drug-likeness (QED) is 0.847. The third kappa shape index (κ3) is 4.30. The lowest BCUT2D eigenvalue weighted by Crippen LogP contribution is -2.36.